The smallest absolute Gasteiger partial charge is 0.0540 e. The summed E-state index contributed by atoms with van der Waals surface area (Å²) in [6.45, 7) is 0. The fraction of sp³-hybridized carbons (Fsp3) is 0. The van der Waals surface area contributed by atoms with Crippen LogP contribution in [-0.4, -0.2) is 4.57 Å². The van der Waals surface area contributed by atoms with Crippen LogP contribution < -0.4 is 4.90 Å². The second kappa shape index (κ2) is 12.8. The van der Waals surface area contributed by atoms with Gasteiger partial charge in [-0.3, -0.25) is 0 Å². The van der Waals surface area contributed by atoms with Gasteiger partial charge in [0.1, 0.15) is 0 Å². The molecule has 0 spiro atoms. The number of aromatic nitrogens is 1. The minimum atomic E-state index is 1.11. The lowest BCUT2D eigenvalue weighted by Gasteiger charge is -2.27. The summed E-state index contributed by atoms with van der Waals surface area (Å²) in [7, 11) is 0. The Hall–Kier alpha value is -6.64. The van der Waals surface area contributed by atoms with Crippen LogP contribution in [-0.2, 0) is 0 Å². The van der Waals surface area contributed by atoms with Gasteiger partial charge in [-0.05, 0) is 99.4 Å². The van der Waals surface area contributed by atoms with E-state index in [-0.39, 0.29) is 0 Å². The van der Waals surface area contributed by atoms with Gasteiger partial charge >= 0.3 is 0 Å². The molecule has 0 bridgehead atoms. The molecule has 8 aromatic carbocycles. The van der Waals surface area contributed by atoms with Crippen LogP contribution in [0.2, 0.25) is 0 Å². The summed E-state index contributed by atoms with van der Waals surface area (Å²) in [5.41, 5.74) is 13.0. The first kappa shape index (κ1) is 29.5. The largest absolute Gasteiger partial charge is 0.317 e. The molecule has 9 rings (SSSR count). The Bertz CT molecular complexity index is 2540. The zero-order chi connectivity index (χ0) is 33.3. The van der Waals surface area contributed by atoms with Crippen LogP contribution in [0.5, 0.6) is 0 Å². The van der Waals surface area contributed by atoms with E-state index in [0.29, 0.717) is 0 Å². The van der Waals surface area contributed by atoms with Crippen LogP contribution in [0.4, 0.5) is 17.1 Å². The minimum absolute atomic E-state index is 1.11. The third-order valence-corrected chi connectivity index (χ3v) is 9.64. The van der Waals surface area contributed by atoms with Crippen LogP contribution >= 0.6 is 0 Å². The molecule has 0 N–H and O–H groups in total. The quantitative estimate of drug-likeness (QED) is 0.169. The lowest BCUT2D eigenvalue weighted by atomic mass is 10.0. The number of fused-ring (bicyclic) bond motifs is 2. The molecule has 0 radical (unpaired) electrons. The molecule has 2 nitrogen and oxygen atoms in total. The van der Waals surface area contributed by atoms with Crippen molar-refractivity contribution in [3.05, 3.63) is 206 Å². The van der Waals surface area contributed by atoms with Gasteiger partial charge in [0.2, 0.25) is 0 Å². The van der Waals surface area contributed by atoms with Gasteiger partial charge < -0.3 is 9.47 Å². The summed E-state index contributed by atoms with van der Waals surface area (Å²) in [6.07, 6.45) is 2.16. The van der Waals surface area contributed by atoms with Gasteiger partial charge in [-0.25, -0.2) is 0 Å². The third kappa shape index (κ3) is 5.53. The van der Waals surface area contributed by atoms with Gasteiger partial charge in [0.15, 0.2) is 0 Å². The molecular formula is C48H34N2. The van der Waals surface area contributed by atoms with Gasteiger partial charge in [-0.2, -0.15) is 0 Å². The van der Waals surface area contributed by atoms with Crippen molar-refractivity contribution in [2.45, 2.75) is 0 Å². The van der Waals surface area contributed by atoms with Gasteiger partial charge in [0.25, 0.3) is 0 Å². The van der Waals surface area contributed by atoms with Crippen molar-refractivity contribution in [1.29, 1.82) is 0 Å². The van der Waals surface area contributed by atoms with E-state index >= 15 is 0 Å². The zero-order valence-corrected chi connectivity index (χ0v) is 27.5. The molecule has 2 heteroatoms. The summed E-state index contributed by atoms with van der Waals surface area (Å²) in [5.74, 6) is 0. The highest BCUT2D eigenvalue weighted by molar-refractivity contribution is 5.99. The molecular weight excluding hydrogens is 605 g/mol. The summed E-state index contributed by atoms with van der Waals surface area (Å²) in [4.78, 5) is 2.37. The molecule has 1 heterocycles. The van der Waals surface area contributed by atoms with E-state index in [1.807, 2.05) is 0 Å². The standard InChI is InChI=1S/C48H34N2/c1-3-10-35(11-4-1)37-20-27-44(28-21-37)50(48-17-9-15-40-14-7-8-16-46(40)48)45-29-22-39(23-30-45)38-18-25-43(26-19-38)49-33-32-42-34-41(24-31-47(42)49)36-12-5-2-6-13-36/h1-34H. The van der Waals surface area contributed by atoms with E-state index in [1.54, 1.807) is 0 Å². The summed E-state index contributed by atoms with van der Waals surface area (Å²) in [6, 6.07) is 71.9. The Morgan fingerprint density at radius 1 is 0.340 bits per heavy atom. The summed E-state index contributed by atoms with van der Waals surface area (Å²) in [5, 5.41) is 3.67. The van der Waals surface area contributed by atoms with E-state index in [0.717, 1.165) is 22.7 Å². The molecule has 0 aliphatic carbocycles. The fourth-order valence-electron chi connectivity index (χ4n) is 7.06. The average molecular weight is 639 g/mol. The monoisotopic (exact) mass is 638 g/mol. The van der Waals surface area contributed by atoms with Gasteiger partial charge in [0, 0.05) is 34.0 Å². The lowest BCUT2D eigenvalue weighted by molar-refractivity contribution is 1.13. The molecule has 0 saturated carbocycles. The Morgan fingerprint density at radius 3 is 1.48 bits per heavy atom. The highest BCUT2D eigenvalue weighted by atomic mass is 15.1. The maximum absolute atomic E-state index is 2.37. The van der Waals surface area contributed by atoms with Crippen molar-refractivity contribution in [2.24, 2.45) is 0 Å². The number of hydrogen-bond acceptors (Lipinski definition) is 1. The van der Waals surface area contributed by atoms with Gasteiger partial charge in [0.05, 0.1) is 11.2 Å². The number of benzene rings is 8. The Kier molecular flexibility index (Phi) is 7.53. The van der Waals surface area contributed by atoms with Crippen LogP contribution in [0, 0.1) is 0 Å². The van der Waals surface area contributed by atoms with Gasteiger partial charge in [-0.1, -0.05) is 140 Å². The first-order chi connectivity index (χ1) is 24.8. The first-order valence-corrected chi connectivity index (χ1v) is 17.1. The topological polar surface area (TPSA) is 8.17 Å². The van der Waals surface area contributed by atoms with E-state index in [1.165, 1.54) is 55.1 Å². The number of anilines is 3. The van der Waals surface area contributed by atoms with Crippen molar-refractivity contribution in [3.8, 4) is 39.1 Å². The van der Waals surface area contributed by atoms with Crippen molar-refractivity contribution in [1.82, 2.24) is 4.57 Å². The maximum atomic E-state index is 2.37. The van der Waals surface area contributed by atoms with Crippen LogP contribution in [0.25, 0.3) is 60.7 Å². The van der Waals surface area contributed by atoms with E-state index in [2.05, 4.69) is 216 Å². The average Bonchev–Trinajstić information content (AvgIpc) is 3.63. The van der Waals surface area contributed by atoms with Crippen molar-refractivity contribution < 1.29 is 0 Å². The molecule has 1 aromatic heterocycles. The molecule has 0 aliphatic heterocycles. The summed E-state index contributed by atoms with van der Waals surface area (Å²) >= 11 is 0. The molecule has 0 unspecified atom stereocenters. The van der Waals surface area contributed by atoms with Crippen LogP contribution in [0.3, 0.4) is 0 Å². The molecule has 0 saturated heterocycles. The van der Waals surface area contributed by atoms with Crippen molar-refractivity contribution in [3.63, 3.8) is 0 Å². The first-order valence-electron chi connectivity index (χ1n) is 17.1. The van der Waals surface area contributed by atoms with Crippen molar-refractivity contribution >= 4 is 38.7 Å². The predicted octanol–water partition coefficient (Wildman–Crippen LogP) is 13.3. The summed E-state index contributed by atoms with van der Waals surface area (Å²) < 4.78 is 2.27. The van der Waals surface area contributed by atoms with E-state index < -0.39 is 0 Å². The Balaban J connectivity index is 1.03. The Morgan fingerprint density at radius 2 is 0.840 bits per heavy atom. The molecule has 9 aromatic rings. The number of nitrogens with zero attached hydrogens (tertiary/aromatic N) is 2. The molecule has 0 aliphatic rings. The van der Waals surface area contributed by atoms with Crippen molar-refractivity contribution in [2.75, 3.05) is 4.90 Å². The number of hydrogen-bond donors (Lipinski definition) is 0. The minimum Gasteiger partial charge on any atom is -0.317 e. The van der Waals surface area contributed by atoms with E-state index in [9.17, 15) is 0 Å². The zero-order valence-electron chi connectivity index (χ0n) is 27.5. The van der Waals surface area contributed by atoms with Gasteiger partial charge in [-0.15, -0.1) is 0 Å². The van der Waals surface area contributed by atoms with Crippen LogP contribution in [0.1, 0.15) is 0 Å². The highest BCUT2D eigenvalue weighted by Gasteiger charge is 2.16. The van der Waals surface area contributed by atoms with Crippen LogP contribution in [0.15, 0.2) is 206 Å². The molecule has 0 amide bonds. The second-order valence-corrected chi connectivity index (χ2v) is 12.7. The molecule has 50 heavy (non-hydrogen) atoms. The molecule has 236 valence electrons. The second-order valence-electron chi connectivity index (χ2n) is 12.7. The fourth-order valence-corrected chi connectivity index (χ4v) is 7.06. The SMILES string of the molecule is c1ccc(-c2ccc(N(c3ccc(-c4ccc(-n5ccc6cc(-c7ccccc7)ccc65)cc4)cc3)c3cccc4ccccc34)cc2)cc1. The highest BCUT2D eigenvalue weighted by Crippen LogP contribution is 2.40. The molecule has 0 fully saturated rings. The predicted molar refractivity (Wildman–Crippen MR) is 212 cm³/mol. The molecule has 0 atom stereocenters. The normalized spacial score (nSPS) is 11.2. The lowest BCUT2D eigenvalue weighted by Crippen LogP contribution is -2.10. The van der Waals surface area contributed by atoms with E-state index in [4.69, 9.17) is 0 Å². The Labute approximate surface area is 292 Å². The third-order valence-electron chi connectivity index (χ3n) is 9.64. The number of rotatable bonds is 7. The maximum Gasteiger partial charge on any atom is 0.0540 e.